The van der Waals surface area contributed by atoms with Gasteiger partial charge >= 0.3 is 6.36 Å². The zero-order valence-corrected chi connectivity index (χ0v) is 18.2. The molecule has 1 amide bonds. The first kappa shape index (κ1) is 22.6. The number of hydrogen-bond donors (Lipinski definition) is 0. The Morgan fingerprint density at radius 3 is 2.44 bits per heavy atom. The second-order valence-corrected chi connectivity index (χ2v) is 10.0. The van der Waals surface area contributed by atoms with Gasteiger partial charge in [-0.05, 0) is 49.9 Å². The molecule has 172 valence electrons. The highest BCUT2D eigenvalue weighted by Gasteiger charge is 2.38. The lowest BCUT2D eigenvalue weighted by atomic mass is 9.96. The van der Waals surface area contributed by atoms with Gasteiger partial charge in [0, 0.05) is 36.8 Å². The van der Waals surface area contributed by atoms with Crippen molar-refractivity contribution in [1.82, 2.24) is 4.31 Å². The van der Waals surface area contributed by atoms with Crippen LogP contribution in [0.4, 0.5) is 18.9 Å². The van der Waals surface area contributed by atoms with Gasteiger partial charge in [-0.15, -0.1) is 13.2 Å². The summed E-state index contributed by atoms with van der Waals surface area (Å²) >= 11 is 0. The van der Waals surface area contributed by atoms with Gasteiger partial charge in [0.1, 0.15) is 5.75 Å². The summed E-state index contributed by atoms with van der Waals surface area (Å²) in [5.41, 5.74) is 2.02. The van der Waals surface area contributed by atoms with Gasteiger partial charge < -0.3 is 9.64 Å². The number of sulfonamides is 1. The number of nitrogens with zero attached hydrogens (tertiary/aromatic N) is 2. The molecule has 1 saturated heterocycles. The lowest BCUT2D eigenvalue weighted by Crippen LogP contribution is -2.46. The number of carbonyl (C=O) groups excluding carboxylic acids is 1. The molecular formula is C22H23F3N2O4S. The number of hydrogen-bond acceptors (Lipinski definition) is 4. The minimum Gasteiger partial charge on any atom is -0.406 e. The molecule has 32 heavy (non-hydrogen) atoms. The number of rotatable bonds is 4. The molecule has 0 N–H and O–H groups in total. The fraction of sp³-hybridized carbons (Fsp3) is 0.409. The highest BCUT2D eigenvalue weighted by molar-refractivity contribution is 7.89. The first-order valence-electron chi connectivity index (χ1n) is 10.3. The summed E-state index contributed by atoms with van der Waals surface area (Å²) in [5.74, 6) is -0.916. The van der Waals surface area contributed by atoms with Crippen LogP contribution in [-0.4, -0.2) is 44.1 Å². The van der Waals surface area contributed by atoms with Crippen LogP contribution in [0.1, 0.15) is 25.3 Å². The second-order valence-electron chi connectivity index (χ2n) is 8.09. The molecule has 2 aromatic rings. The zero-order valence-electron chi connectivity index (χ0n) is 17.4. The van der Waals surface area contributed by atoms with Crippen LogP contribution in [0.3, 0.4) is 0 Å². The van der Waals surface area contributed by atoms with Crippen molar-refractivity contribution in [3.63, 3.8) is 0 Å². The van der Waals surface area contributed by atoms with E-state index in [2.05, 4.69) is 4.74 Å². The third-order valence-corrected chi connectivity index (χ3v) is 7.82. The molecule has 2 aromatic carbocycles. The van der Waals surface area contributed by atoms with Gasteiger partial charge in [0.05, 0.1) is 4.90 Å². The van der Waals surface area contributed by atoms with Crippen molar-refractivity contribution in [2.75, 3.05) is 18.0 Å². The van der Waals surface area contributed by atoms with E-state index in [1.54, 1.807) is 0 Å². The number of piperidine rings is 1. The fourth-order valence-electron chi connectivity index (χ4n) is 4.42. The number of benzene rings is 2. The van der Waals surface area contributed by atoms with Gasteiger partial charge in [0.25, 0.3) is 0 Å². The Balaban J connectivity index is 1.45. The third-order valence-electron chi connectivity index (χ3n) is 5.92. The summed E-state index contributed by atoms with van der Waals surface area (Å²) in [6.07, 6.45) is -3.43. The summed E-state index contributed by atoms with van der Waals surface area (Å²) < 4.78 is 68.4. The van der Waals surface area contributed by atoms with Crippen LogP contribution in [0, 0.1) is 5.92 Å². The van der Waals surface area contributed by atoms with Gasteiger partial charge in [0.15, 0.2) is 0 Å². The molecule has 0 aromatic heterocycles. The lowest BCUT2D eigenvalue weighted by Gasteiger charge is -2.34. The topological polar surface area (TPSA) is 66.9 Å². The first-order chi connectivity index (χ1) is 15.1. The molecule has 2 aliphatic heterocycles. The van der Waals surface area contributed by atoms with Crippen LogP contribution in [0.15, 0.2) is 53.4 Å². The van der Waals surface area contributed by atoms with E-state index in [1.807, 2.05) is 36.1 Å². The molecule has 0 saturated carbocycles. The van der Waals surface area contributed by atoms with Crippen molar-refractivity contribution in [2.45, 2.75) is 43.5 Å². The quantitative estimate of drug-likeness (QED) is 0.681. The van der Waals surface area contributed by atoms with Crippen LogP contribution >= 0.6 is 0 Å². The molecule has 1 fully saturated rings. The minimum absolute atomic E-state index is 0.0138. The highest BCUT2D eigenvalue weighted by Crippen LogP contribution is 2.35. The monoisotopic (exact) mass is 468 g/mol. The molecule has 1 atom stereocenters. The van der Waals surface area contributed by atoms with E-state index >= 15 is 0 Å². The number of ether oxygens (including phenoxy) is 1. The molecule has 2 heterocycles. The molecule has 0 radical (unpaired) electrons. The van der Waals surface area contributed by atoms with E-state index < -0.39 is 22.1 Å². The SMILES string of the molecule is C[C@H]1Cc2ccccc2N1C(=O)C1CCN(S(=O)(=O)c2cccc(OC(F)(F)F)c2)CC1. The van der Waals surface area contributed by atoms with E-state index in [9.17, 15) is 26.4 Å². The van der Waals surface area contributed by atoms with Gasteiger partial charge in [-0.25, -0.2) is 8.42 Å². The second kappa shape index (κ2) is 8.40. The molecular weight excluding hydrogens is 445 g/mol. The number of anilines is 1. The van der Waals surface area contributed by atoms with E-state index in [0.717, 1.165) is 29.8 Å². The largest absolute Gasteiger partial charge is 0.573 e. The molecule has 0 bridgehead atoms. The molecule has 6 nitrogen and oxygen atoms in total. The summed E-state index contributed by atoms with van der Waals surface area (Å²) in [5, 5.41) is 0. The number of amides is 1. The minimum atomic E-state index is -4.91. The normalized spacial score (nSPS) is 20.2. The lowest BCUT2D eigenvalue weighted by molar-refractivity contribution is -0.274. The smallest absolute Gasteiger partial charge is 0.406 e. The Hall–Kier alpha value is -2.59. The molecule has 0 unspecified atom stereocenters. The first-order valence-corrected chi connectivity index (χ1v) is 11.8. The van der Waals surface area contributed by atoms with Crippen molar-refractivity contribution in [3.8, 4) is 5.75 Å². The standard InChI is InChI=1S/C22H23F3N2O4S/c1-15-13-17-5-2-3-8-20(17)27(15)21(28)16-9-11-26(12-10-16)32(29,30)19-7-4-6-18(14-19)31-22(23,24)25/h2-8,14-16H,9-13H2,1H3/t15-/m0/s1. The summed E-state index contributed by atoms with van der Waals surface area (Å²) in [6.45, 7) is 2.23. The van der Waals surface area contributed by atoms with Crippen molar-refractivity contribution in [3.05, 3.63) is 54.1 Å². The molecule has 10 heteroatoms. The average Bonchev–Trinajstić information content (AvgIpc) is 3.08. The molecule has 0 spiro atoms. The molecule has 4 rings (SSSR count). The Bertz CT molecular complexity index is 1110. The number of fused-ring (bicyclic) bond motifs is 1. The predicted octanol–water partition coefficient (Wildman–Crippen LogP) is 3.96. The summed E-state index contributed by atoms with van der Waals surface area (Å²) in [4.78, 5) is 14.7. The van der Waals surface area contributed by atoms with Crippen LogP contribution < -0.4 is 9.64 Å². The summed E-state index contributed by atoms with van der Waals surface area (Å²) in [7, 11) is -4.01. The zero-order chi connectivity index (χ0) is 23.1. The Labute approximate surface area is 184 Å². The number of alkyl halides is 3. The van der Waals surface area contributed by atoms with Crippen molar-refractivity contribution < 1.29 is 31.1 Å². The Morgan fingerprint density at radius 2 is 1.75 bits per heavy atom. The van der Waals surface area contributed by atoms with E-state index in [-0.39, 0.29) is 35.9 Å². The number of para-hydroxylation sites is 1. The maximum absolute atomic E-state index is 13.2. The predicted molar refractivity (Wildman–Crippen MR) is 112 cm³/mol. The molecule has 2 aliphatic rings. The fourth-order valence-corrected chi connectivity index (χ4v) is 5.93. The van der Waals surface area contributed by atoms with Crippen molar-refractivity contribution in [1.29, 1.82) is 0 Å². The van der Waals surface area contributed by atoms with E-state index in [1.165, 1.54) is 16.4 Å². The summed E-state index contributed by atoms with van der Waals surface area (Å²) in [6, 6.07) is 12.2. The maximum atomic E-state index is 13.2. The van der Waals surface area contributed by atoms with Crippen LogP contribution in [0.25, 0.3) is 0 Å². The van der Waals surface area contributed by atoms with Crippen LogP contribution in [-0.2, 0) is 21.2 Å². The van der Waals surface area contributed by atoms with Gasteiger partial charge in [-0.3, -0.25) is 4.79 Å². The Kier molecular flexibility index (Phi) is 5.93. The Morgan fingerprint density at radius 1 is 1.06 bits per heavy atom. The van der Waals surface area contributed by atoms with Gasteiger partial charge in [-0.1, -0.05) is 24.3 Å². The number of halogens is 3. The van der Waals surface area contributed by atoms with Gasteiger partial charge in [-0.2, -0.15) is 4.31 Å². The number of carbonyl (C=O) groups is 1. The molecule has 0 aliphatic carbocycles. The maximum Gasteiger partial charge on any atom is 0.573 e. The van der Waals surface area contributed by atoms with E-state index in [0.29, 0.717) is 12.8 Å². The van der Waals surface area contributed by atoms with E-state index in [4.69, 9.17) is 0 Å². The highest BCUT2D eigenvalue weighted by atomic mass is 32.2. The third kappa shape index (κ3) is 4.47. The van der Waals surface area contributed by atoms with Crippen molar-refractivity contribution in [2.24, 2.45) is 5.92 Å². The van der Waals surface area contributed by atoms with Crippen LogP contribution in [0.2, 0.25) is 0 Å². The van der Waals surface area contributed by atoms with Gasteiger partial charge in [0.2, 0.25) is 15.9 Å². The van der Waals surface area contributed by atoms with Crippen LogP contribution in [0.5, 0.6) is 5.75 Å². The average molecular weight is 468 g/mol. The van der Waals surface area contributed by atoms with Crippen molar-refractivity contribution >= 4 is 21.6 Å².